The third-order valence-electron chi connectivity index (χ3n) is 4.48. The number of rotatable bonds is 5. The quantitative estimate of drug-likeness (QED) is 0.694. The van der Waals surface area contributed by atoms with Gasteiger partial charge in [0.25, 0.3) is 0 Å². The average molecular weight is 368 g/mol. The first-order chi connectivity index (χ1) is 12.8. The van der Waals surface area contributed by atoms with Crippen LogP contribution in [-0.4, -0.2) is 38.2 Å². The Kier molecular flexibility index (Phi) is 5.08. The number of carbonyl (C=O) groups excluding carboxylic acids is 1. The second-order valence-corrected chi connectivity index (χ2v) is 7.16. The van der Waals surface area contributed by atoms with E-state index >= 15 is 0 Å². The molecule has 0 fully saturated rings. The molecule has 4 rings (SSSR count). The van der Waals surface area contributed by atoms with Gasteiger partial charge in [0.1, 0.15) is 0 Å². The maximum absolute atomic E-state index is 12.8. The zero-order valence-electron chi connectivity index (χ0n) is 14.3. The maximum Gasteiger partial charge on any atom is 0.227 e. The van der Waals surface area contributed by atoms with Gasteiger partial charge in [-0.1, -0.05) is 0 Å². The Balaban J connectivity index is 1.47. The highest BCUT2D eigenvalue weighted by molar-refractivity contribution is 7.08. The van der Waals surface area contributed by atoms with Gasteiger partial charge in [-0.05, 0) is 46.2 Å². The average Bonchev–Trinajstić information content (AvgIpc) is 3.29. The lowest BCUT2D eigenvalue weighted by atomic mass is 10.2. The van der Waals surface area contributed by atoms with Gasteiger partial charge in [0.15, 0.2) is 0 Å². The third kappa shape index (κ3) is 4.00. The topological polar surface area (TPSA) is 60.2 Å². The molecule has 6 nitrogen and oxygen atoms in total. The van der Waals surface area contributed by atoms with E-state index in [-0.39, 0.29) is 12.0 Å². The molecule has 0 bridgehead atoms. The molecule has 0 saturated carbocycles. The highest BCUT2D eigenvalue weighted by atomic mass is 32.1. The SMILES string of the molecule is O=C(Cc1ccsc1)N1Cc2ccnn2CC(OCc2ccncc2)C1. The summed E-state index contributed by atoms with van der Waals surface area (Å²) < 4.78 is 8.05. The molecule has 4 heterocycles. The predicted octanol–water partition coefficient (Wildman–Crippen LogP) is 2.51. The molecule has 26 heavy (non-hydrogen) atoms. The summed E-state index contributed by atoms with van der Waals surface area (Å²) in [5.74, 6) is 0.121. The van der Waals surface area contributed by atoms with Gasteiger partial charge in [0.2, 0.25) is 5.91 Å². The second-order valence-electron chi connectivity index (χ2n) is 6.38. The van der Waals surface area contributed by atoms with Crippen molar-refractivity contribution in [3.8, 4) is 0 Å². The number of hydrogen-bond acceptors (Lipinski definition) is 5. The number of hydrogen-bond donors (Lipinski definition) is 0. The van der Waals surface area contributed by atoms with E-state index in [2.05, 4.69) is 10.1 Å². The number of fused-ring (bicyclic) bond motifs is 1. The van der Waals surface area contributed by atoms with Crippen LogP contribution in [0.5, 0.6) is 0 Å². The van der Waals surface area contributed by atoms with E-state index in [4.69, 9.17) is 4.74 Å². The molecule has 1 unspecified atom stereocenters. The van der Waals surface area contributed by atoms with Gasteiger partial charge in [0.05, 0.1) is 37.9 Å². The zero-order chi connectivity index (χ0) is 17.8. The van der Waals surface area contributed by atoms with Crippen LogP contribution in [0.2, 0.25) is 0 Å². The number of amides is 1. The summed E-state index contributed by atoms with van der Waals surface area (Å²) in [4.78, 5) is 18.7. The summed E-state index contributed by atoms with van der Waals surface area (Å²) in [6, 6.07) is 7.85. The Hall–Kier alpha value is -2.51. The smallest absolute Gasteiger partial charge is 0.227 e. The van der Waals surface area contributed by atoms with E-state index in [1.807, 2.05) is 44.6 Å². The Morgan fingerprint density at radius 2 is 2.04 bits per heavy atom. The van der Waals surface area contributed by atoms with Crippen LogP contribution >= 0.6 is 11.3 Å². The molecule has 1 aliphatic heterocycles. The lowest BCUT2D eigenvalue weighted by Gasteiger charge is -2.24. The molecule has 3 aromatic rings. The summed E-state index contributed by atoms with van der Waals surface area (Å²) >= 11 is 1.61. The summed E-state index contributed by atoms with van der Waals surface area (Å²) in [6.07, 6.45) is 5.62. The molecule has 1 amide bonds. The minimum absolute atomic E-state index is 0.101. The molecule has 0 saturated heterocycles. The van der Waals surface area contributed by atoms with E-state index < -0.39 is 0 Å². The fourth-order valence-electron chi connectivity index (χ4n) is 3.08. The second kappa shape index (κ2) is 7.80. The molecule has 0 aromatic carbocycles. The molecular weight excluding hydrogens is 348 g/mol. The molecule has 1 atom stereocenters. The van der Waals surface area contributed by atoms with Gasteiger partial charge in [-0.3, -0.25) is 14.5 Å². The molecule has 0 spiro atoms. The van der Waals surface area contributed by atoms with Crippen molar-refractivity contribution >= 4 is 17.2 Å². The van der Waals surface area contributed by atoms with Crippen molar-refractivity contribution in [1.29, 1.82) is 0 Å². The largest absolute Gasteiger partial charge is 0.370 e. The van der Waals surface area contributed by atoms with E-state index in [1.54, 1.807) is 29.9 Å². The van der Waals surface area contributed by atoms with Gasteiger partial charge in [0, 0.05) is 25.1 Å². The van der Waals surface area contributed by atoms with Crippen molar-refractivity contribution in [1.82, 2.24) is 19.7 Å². The Bertz CT molecular complexity index is 848. The highest BCUT2D eigenvalue weighted by Crippen LogP contribution is 2.17. The monoisotopic (exact) mass is 368 g/mol. The van der Waals surface area contributed by atoms with Crippen LogP contribution in [0.15, 0.2) is 53.6 Å². The van der Waals surface area contributed by atoms with Crippen LogP contribution in [-0.2, 0) is 35.6 Å². The first-order valence-electron chi connectivity index (χ1n) is 8.58. The normalized spacial score (nSPS) is 16.9. The van der Waals surface area contributed by atoms with E-state index in [0.29, 0.717) is 32.7 Å². The number of aromatic nitrogens is 3. The van der Waals surface area contributed by atoms with Crippen LogP contribution in [0.4, 0.5) is 0 Å². The number of nitrogens with zero attached hydrogens (tertiary/aromatic N) is 4. The number of thiophene rings is 1. The molecule has 1 aliphatic rings. The number of ether oxygens (including phenoxy) is 1. The minimum Gasteiger partial charge on any atom is -0.370 e. The van der Waals surface area contributed by atoms with Crippen molar-refractivity contribution in [2.75, 3.05) is 6.54 Å². The first kappa shape index (κ1) is 16.9. The van der Waals surface area contributed by atoms with Crippen molar-refractivity contribution < 1.29 is 9.53 Å². The standard InChI is InChI=1S/C19H20N4O2S/c24-19(9-16-4-8-26-14-16)22-10-17-3-7-21-23(17)12-18(11-22)25-13-15-1-5-20-6-2-15/h1-8,14,18H,9-13H2. The third-order valence-corrected chi connectivity index (χ3v) is 5.21. The minimum atomic E-state index is -0.101. The van der Waals surface area contributed by atoms with Crippen molar-refractivity contribution in [3.63, 3.8) is 0 Å². The van der Waals surface area contributed by atoms with Crippen LogP contribution in [0, 0.1) is 0 Å². The highest BCUT2D eigenvalue weighted by Gasteiger charge is 2.26. The summed E-state index contributed by atoms with van der Waals surface area (Å²) in [5, 5.41) is 8.41. The lowest BCUT2D eigenvalue weighted by Crippen LogP contribution is -2.38. The van der Waals surface area contributed by atoms with Crippen LogP contribution in [0.25, 0.3) is 0 Å². The van der Waals surface area contributed by atoms with Gasteiger partial charge >= 0.3 is 0 Å². The van der Waals surface area contributed by atoms with Crippen LogP contribution < -0.4 is 0 Å². The predicted molar refractivity (Wildman–Crippen MR) is 98.5 cm³/mol. The zero-order valence-corrected chi connectivity index (χ0v) is 15.1. The molecule has 134 valence electrons. The number of pyridine rings is 1. The Morgan fingerprint density at radius 1 is 1.15 bits per heavy atom. The molecular formula is C19H20N4O2S. The van der Waals surface area contributed by atoms with E-state index in [9.17, 15) is 4.79 Å². The van der Waals surface area contributed by atoms with E-state index in [1.165, 1.54) is 0 Å². The van der Waals surface area contributed by atoms with Crippen molar-refractivity contribution in [3.05, 3.63) is 70.4 Å². The van der Waals surface area contributed by atoms with Crippen LogP contribution in [0.1, 0.15) is 16.8 Å². The van der Waals surface area contributed by atoms with E-state index in [0.717, 1.165) is 16.8 Å². The fraction of sp³-hybridized carbons (Fsp3) is 0.316. The molecule has 0 radical (unpaired) electrons. The summed E-state index contributed by atoms with van der Waals surface area (Å²) in [6.45, 7) is 2.28. The maximum atomic E-state index is 12.8. The molecule has 7 heteroatoms. The first-order valence-corrected chi connectivity index (χ1v) is 9.52. The van der Waals surface area contributed by atoms with Gasteiger partial charge in [-0.15, -0.1) is 0 Å². The molecule has 0 N–H and O–H groups in total. The Labute approximate surface area is 156 Å². The van der Waals surface area contributed by atoms with Crippen molar-refractivity contribution in [2.45, 2.75) is 32.2 Å². The van der Waals surface area contributed by atoms with Gasteiger partial charge < -0.3 is 9.64 Å². The van der Waals surface area contributed by atoms with Crippen molar-refractivity contribution in [2.24, 2.45) is 0 Å². The summed E-state index contributed by atoms with van der Waals surface area (Å²) in [5.41, 5.74) is 3.17. The lowest BCUT2D eigenvalue weighted by molar-refractivity contribution is -0.133. The van der Waals surface area contributed by atoms with Gasteiger partial charge in [-0.2, -0.15) is 16.4 Å². The summed E-state index contributed by atoms with van der Waals surface area (Å²) in [7, 11) is 0. The molecule has 3 aromatic heterocycles. The Morgan fingerprint density at radius 3 is 2.85 bits per heavy atom. The molecule has 0 aliphatic carbocycles. The fourth-order valence-corrected chi connectivity index (χ4v) is 3.75. The number of carbonyl (C=O) groups is 1. The van der Waals surface area contributed by atoms with Crippen LogP contribution in [0.3, 0.4) is 0 Å². The van der Waals surface area contributed by atoms with Gasteiger partial charge in [-0.25, -0.2) is 0 Å².